The number of aromatic nitrogens is 1. The van der Waals surface area contributed by atoms with E-state index in [-0.39, 0.29) is 0 Å². The molecule has 1 fully saturated rings. The summed E-state index contributed by atoms with van der Waals surface area (Å²) in [6.07, 6.45) is 1.86. The van der Waals surface area contributed by atoms with Crippen molar-refractivity contribution >= 4 is 11.8 Å². The Bertz CT molecular complexity index is 449. The summed E-state index contributed by atoms with van der Waals surface area (Å²) in [5.74, 6) is 1.86. The van der Waals surface area contributed by atoms with Crippen molar-refractivity contribution in [1.82, 2.24) is 15.6 Å². The van der Waals surface area contributed by atoms with E-state index in [1.54, 1.807) is 0 Å². The topological polar surface area (TPSA) is 61.8 Å². The highest BCUT2D eigenvalue weighted by molar-refractivity contribution is 5.79. The molecule has 0 atom stereocenters. The van der Waals surface area contributed by atoms with Gasteiger partial charge in [0.25, 0.3) is 0 Å². The first-order valence-corrected chi connectivity index (χ1v) is 7.63. The summed E-state index contributed by atoms with van der Waals surface area (Å²) in [4.78, 5) is 11.3. The number of pyridine rings is 1. The SMILES string of the molecule is CCNC(=NCc1ccnc(N2CCOCC2)c1)NCC. The minimum Gasteiger partial charge on any atom is -0.378 e. The van der Waals surface area contributed by atoms with Gasteiger partial charge >= 0.3 is 0 Å². The zero-order chi connectivity index (χ0) is 14.9. The summed E-state index contributed by atoms with van der Waals surface area (Å²) in [5, 5.41) is 6.46. The maximum absolute atomic E-state index is 5.38. The lowest BCUT2D eigenvalue weighted by atomic mass is 10.2. The first-order chi connectivity index (χ1) is 10.3. The molecule has 1 aromatic heterocycles. The van der Waals surface area contributed by atoms with Crippen molar-refractivity contribution in [3.05, 3.63) is 23.9 Å². The van der Waals surface area contributed by atoms with Gasteiger partial charge in [-0.3, -0.25) is 0 Å². The molecule has 1 aromatic rings. The number of ether oxygens (including phenoxy) is 1. The molecule has 21 heavy (non-hydrogen) atoms. The van der Waals surface area contributed by atoms with Crippen LogP contribution in [-0.4, -0.2) is 50.3 Å². The number of morpholine rings is 1. The minimum atomic E-state index is 0.648. The standard InChI is InChI=1S/C15H25N5O/c1-3-16-15(17-4-2)19-12-13-5-6-18-14(11-13)20-7-9-21-10-8-20/h5-6,11H,3-4,7-10,12H2,1-2H3,(H2,16,17,19). The highest BCUT2D eigenvalue weighted by Crippen LogP contribution is 2.14. The maximum atomic E-state index is 5.38. The number of nitrogens with zero attached hydrogens (tertiary/aromatic N) is 3. The average molecular weight is 291 g/mol. The van der Waals surface area contributed by atoms with Gasteiger partial charge in [-0.05, 0) is 31.5 Å². The van der Waals surface area contributed by atoms with Crippen LogP contribution in [0.5, 0.6) is 0 Å². The lowest BCUT2D eigenvalue weighted by molar-refractivity contribution is 0.122. The molecule has 116 valence electrons. The van der Waals surface area contributed by atoms with E-state index in [2.05, 4.69) is 45.4 Å². The molecular weight excluding hydrogens is 266 g/mol. The molecular formula is C15H25N5O. The molecule has 0 radical (unpaired) electrons. The zero-order valence-corrected chi connectivity index (χ0v) is 12.9. The Hall–Kier alpha value is -1.82. The Morgan fingerprint density at radius 1 is 1.29 bits per heavy atom. The van der Waals surface area contributed by atoms with Crippen molar-refractivity contribution in [2.24, 2.45) is 4.99 Å². The molecule has 0 unspecified atom stereocenters. The number of anilines is 1. The predicted octanol–water partition coefficient (Wildman–Crippen LogP) is 0.993. The van der Waals surface area contributed by atoms with Gasteiger partial charge in [0, 0.05) is 32.4 Å². The van der Waals surface area contributed by atoms with Crippen LogP contribution in [0.1, 0.15) is 19.4 Å². The van der Waals surface area contributed by atoms with E-state index in [1.165, 1.54) is 5.56 Å². The molecule has 6 nitrogen and oxygen atoms in total. The van der Waals surface area contributed by atoms with Crippen molar-refractivity contribution in [2.45, 2.75) is 20.4 Å². The molecule has 1 aliphatic rings. The van der Waals surface area contributed by atoms with Crippen LogP contribution < -0.4 is 15.5 Å². The Kier molecular flexibility index (Phi) is 6.27. The third-order valence-electron chi connectivity index (χ3n) is 3.25. The second-order valence-corrected chi connectivity index (χ2v) is 4.85. The summed E-state index contributed by atoms with van der Waals surface area (Å²) < 4.78 is 5.38. The van der Waals surface area contributed by atoms with E-state index < -0.39 is 0 Å². The molecule has 0 amide bonds. The molecule has 0 aromatic carbocycles. The van der Waals surface area contributed by atoms with Crippen molar-refractivity contribution in [2.75, 3.05) is 44.3 Å². The number of aliphatic imine (C=N–C) groups is 1. The molecule has 2 N–H and O–H groups in total. The monoisotopic (exact) mass is 291 g/mol. The van der Waals surface area contributed by atoms with Crippen LogP contribution in [0.3, 0.4) is 0 Å². The summed E-state index contributed by atoms with van der Waals surface area (Å²) in [6, 6.07) is 4.13. The summed E-state index contributed by atoms with van der Waals surface area (Å²) >= 11 is 0. The fourth-order valence-electron chi connectivity index (χ4n) is 2.20. The van der Waals surface area contributed by atoms with Gasteiger partial charge in [0.2, 0.25) is 0 Å². The second-order valence-electron chi connectivity index (χ2n) is 4.85. The van der Waals surface area contributed by atoms with Crippen molar-refractivity contribution in [1.29, 1.82) is 0 Å². The first kappa shape index (κ1) is 15.6. The van der Waals surface area contributed by atoms with Gasteiger partial charge in [-0.2, -0.15) is 0 Å². The van der Waals surface area contributed by atoms with Crippen LogP contribution in [0.4, 0.5) is 5.82 Å². The smallest absolute Gasteiger partial charge is 0.191 e. The van der Waals surface area contributed by atoms with E-state index >= 15 is 0 Å². The largest absolute Gasteiger partial charge is 0.378 e. The minimum absolute atomic E-state index is 0.648. The Labute approximate surface area is 126 Å². The van der Waals surface area contributed by atoms with Gasteiger partial charge in [0.05, 0.1) is 19.8 Å². The van der Waals surface area contributed by atoms with Crippen LogP contribution in [0.15, 0.2) is 23.3 Å². The third-order valence-corrected chi connectivity index (χ3v) is 3.25. The van der Waals surface area contributed by atoms with Crippen LogP contribution in [0.2, 0.25) is 0 Å². The lowest BCUT2D eigenvalue weighted by Gasteiger charge is -2.27. The Morgan fingerprint density at radius 2 is 2.00 bits per heavy atom. The van der Waals surface area contributed by atoms with Crippen molar-refractivity contribution < 1.29 is 4.74 Å². The maximum Gasteiger partial charge on any atom is 0.191 e. The molecule has 2 rings (SSSR count). The molecule has 6 heteroatoms. The summed E-state index contributed by atoms with van der Waals surface area (Å²) in [5.41, 5.74) is 1.17. The van der Waals surface area contributed by atoms with Crippen molar-refractivity contribution in [3.8, 4) is 0 Å². The molecule has 0 bridgehead atoms. The quantitative estimate of drug-likeness (QED) is 0.626. The highest BCUT2D eigenvalue weighted by Gasteiger charge is 2.12. The van der Waals surface area contributed by atoms with Gasteiger partial charge in [-0.1, -0.05) is 0 Å². The fourth-order valence-corrected chi connectivity index (χ4v) is 2.20. The third kappa shape index (κ3) is 4.90. The van der Waals surface area contributed by atoms with E-state index in [1.807, 2.05) is 12.3 Å². The van der Waals surface area contributed by atoms with Gasteiger partial charge in [0.15, 0.2) is 5.96 Å². The Balaban J connectivity index is 2.01. The van der Waals surface area contributed by atoms with Gasteiger partial charge in [-0.15, -0.1) is 0 Å². The average Bonchev–Trinajstić information content (AvgIpc) is 2.54. The number of nitrogens with one attached hydrogen (secondary N) is 2. The molecule has 2 heterocycles. The van der Waals surface area contributed by atoms with Gasteiger partial charge in [-0.25, -0.2) is 9.98 Å². The molecule has 0 aliphatic carbocycles. The van der Waals surface area contributed by atoms with E-state index in [0.717, 1.165) is 51.2 Å². The zero-order valence-electron chi connectivity index (χ0n) is 12.9. The first-order valence-electron chi connectivity index (χ1n) is 7.63. The highest BCUT2D eigenvalue weighted by atomic mass is 16.5. The molecule has 1 saturated heterocycles. The second kappa shape index (κ2) is 8.46. The lowest BCUT2D eigenvalue weighted by Crippen LogP contribution is -2.37. The Morgan fingerprint density at radius 3 is 2.67 bits per heavy atom. The predicted molar refractivity (Wildman–Crippen MR) is 85.8 cm³/mol. The number of hydrogen-bond donors (Lipinski definition) is 2. The van der Waals surface area contributed by atoms with E-state index in [9.17, 15) is 0 Å². The molecule has 1 aliphatic heterocycles. The summed E-state index contributed by atoms with van der Waals surface area (Å²) in [7, 11) is 0. The van der Waals surface area contributed by atoms with Crippen molar-refractivity contribution in [3.63, 3.8) is 0 Å². The van der Waals surface area contributed by atoms with Gasteiger partial charge < -0.3 is 20.3 Å². The number of hydrogen-bond acceptors (Lipinski definition) is 4. The van der Waals surface area contributed by atoms with Crippen LogP contribution in [-0.2, 0) is 11.3 Å². The molecule has 0 saturated carbocycles. The number of guanidine groups is 1. The number of rotatable bonds is 5. The normalized spacial score (nSPS) is 14.7. The summed E-state index contributed by atoms with van der Waals surface area (Å²) in [6.45, 7) is 9.85. The van der Waals surface area contributed by atoms with E-state index in [4.69, 9.17) is 4.74 Å². The van der Waals surface area contributed by atoms with Crippen LogP contribution >= 0.6 is 0 Å². The van der Waals surface area contributed by atoms with Crippen LogP contribution in [0, 0.1) is 0 Å². The van der Waals surface area contributed by atoms with Gasteiger partial charge in [0.1, 0.15) is 5.82 Å². The van der Waals surface area contributed by atoms with Crippen LogP contribution in [0.25, 0.3) is 0 Å². The fraction of sp³-hybridized carbons (Fsp3) is 0.600. The molecule has 0 spiro atoms. The van der Waals surface area contributed by atoms with E-state index in [0.29, 0.717) is 6.54 Å².